The number of nitrogens with zero attached hydrogens (tertiary/aromatic N) is 2. The first kappa shape index (κ1) is 37.2. The van der Waals surface area contributed by atoms with E-state index in [2.05, 4.69) is 97.4 Å². The topological polar surface area (TPSA) is 44.5 Å². The van der Waals surface area contributed by atoms with Gasteiger partial charge in [-0.2, -0.15) is 0 Å². The highest BCUT2D eigenvalue weighted by Gasteiger charge is 2.69. The van der Waals surface area contributed by atoms with Crippen molar-refractivity contribution in [2.45, 2.75) is 152 Å². The molecule has 0 spiro atoms. The molecule has 4 heterocycles. The average Bonchev–Trinajstić information content (AvgIpc) is 3.15. The third-order valence-corrected chi connectivity index (χ3v) is 19.9. The summed E-state index contributed by atoms with van der Waals surface area (Å²) in [5.74, 6) is 1.55. The van der Waals surface area contributed by atoms with Crippen LogP contribution in [0.3, 0.4) is 0 Å². The fourth-order valence-corrected chi connectivity index (χ4v) is 18.5. The molecule has 4 nitrogen and oxygen atoms in total. The van der Waals surface area contributed by atoms with Crippen LogP contribution in [0.25, 0.3) is 0 Å². The van der Waals surface area contributed by atoms with Gasteiger partial charge in [0.25, 0.3) is 0 Å². The molecule has 10 bridgehead atoms. The zero-order chi connectivity index (χ0) is 38.6. The standard InChI is InChI=1S/C50H68N4S2/c1-43(2)33-54(19-16-40(43)51)42(56)47-22-34-20-44(3,25-47)24-46(21-34,29-47)37-10-12-38(13-11-37)49-27-45(4)26-48(30-49,36-8-6-5-7-9-36)31-50(28-45,32-49)41(55)52-39-23-53-17-14-35(39)15-18-53/h5-13,34-35,39-40H,14-33,51H2,1-4H3,(H,52,55)/t34?,39-,40-,44?,45?,46?,47?,48?,49?,50?/m0/s1. The molecule has 8 aliphatic carbocycles. The minimum atomic E-state index is 0.0445. The Balaban J connectivity index is 0.933. The van der Waals surface area contributed by atoms with E-state index in [4.69, 9.17) is 30.2 Å². The normalized spacial score (nSPS) is 47.9. The Morgan fingerprint density at radius 3 is 1.88 bits per heavy atom. The second-order valence-electron chi connectivity index (χ2n) is 23.9. The number of hydrogen-bond donors (Lipinski definition) is 2. The molecule has 4 aliphatic heterocycles. The van der Waals surface area contributed by atoms with Gasteiger partial charge in [0.05, 0.1) is 9.98 Å². The second-order valence-corrected chi connectivity index (χ2v) is 24.7. The van der Waals surface area contributed by atoms with Gasteiger partial charge in [-0.25, -0.2) is 0 Å². The van der Waals surface area contributed by atoms with Gasteiger partial charge < -0.3 is 20.9 Å². The van der Waals surface area contributed by atoms with Crippen molar-refractivity contribution in [2.24, 2.45) is 44.6 Å². The number of nitrogens with one attached hydrogen (secondary N) is 1. The Labute approximate surface area is 348 Å². The number of piperidine rings is 4. The minimum absolute atomic E-state index is 0.0445. The summed E-state index contributed by atoms with van der Waals surface area (Å²) in [6.07, 6.45) is 19.0. The summed E-state index contributed by atoms with van der Waals surface area (Å²) in [5, 5.41) is 4.16. The molecule has 2 aromatic carbocycles. The molecule has 8 saturated carbocycles. The molecule has 12 fully saturated rings. The van der Waals surface area contributed by atoms with Crippen LogP contribution >= 0.6 is 24.4 Å². The molecule has 2 aromatic rings. The van der Waals surface area contributed by atoms with E-state index in [9.17, 15) is 0 Å². The molecular weight excluding hydrogens is 721 g/mol. The lowest BCUT2D eigenvalue weighted by molar-refractivity contribution is -0.106. The van der Waals surface area contributed by atoms with Crippen LogP contribution in [0.5, 0.6) is 0 Å². The Morgan fingerprint density at radius 1 is 0.643 bits per heavy atom. The number of nitrogens with two attached hydrogens (primary N) is 1. The number of hydrogen-bond acceptors (Lipinski definition) is 4. The largest absolute Gasteiger partial charge is 0.375 e. The zero-order valence-corrected chi connectivity index (χ0v) is 36.6. The van der Waals surface area contributed by atoms with Crippen LogP contribution < -0.4 is 11.1 Å². The summed E-state index contributed by atoms with van der Waals surface area (Å²) in [4.78, 5) is 7.80. The average molecular weight is 789 g/mol. The van der Waals surface area contributed by atoms with Crippen LogP contribution in [0.15, 0.2) is 54.6 Å². The van der Waals surface area contributed by atoms with Crippen LogP contribution in [0.2, 0.25) is 0 Å². The van der Waals surface area contributed by atoms with Crippen LogP contribution in [0.1, 0.15) is 141 Å². The van der Waals surface area contributed by atoms with Crippen molar-refractivity contribution in [1.29, 1.82) is 0 Å². The van der Waals surface area contributed by atoms with Gasteiger partial charge in [-0.05, 0) is 170 Å². The number of fused-ring (bicyclic) bond motifs is 3. The lowest BCUT2D eigenvalue weighted by Crippen LogP contribution is -2.68. The van der Waals surface area contributed by atoms with E-state index in [1.165, 1.54) is 120 Å². The van der Waals surface area contributed by atoms with E-state index in [1.54, 1.807) is 16.7 Å². The Hall–Kier alpha value is -1.86. The van der Waals surface area contributed by atoms with Gasteiger partial charge in [0.15, 0.2) is 0 Å². The summed E-state index contributed by atoms with van der Waals surface area (Å²) < 4.78 is 0. The van der Waals surface area contributed by atoms with Crippen molar-refractivity contribution >= 4 is 34.4 Å². The predicted octanol–water partition coefficient (Wildman–Crippen LogP) is 9.86. The van der Waals surface area contributed by atoms with E-state index in [1.807, 2.05) is 0 Å². The highest BCUT2D eigenvalue weighted by Crippen LogP contribution is 2.75. The Kier molecular flexibility index (Phi) is 8.05. The molecule has 0 amide bonds. The predicted molar refractivity (Wildman–Crippen MR) is 237 cm³/mol. The van der Waals surface area contributed by atoms with Gasteiger partial charge in [0, 0.05) is 42.5 Å². The van der Waals surface area contributed by atoms with E-state index in [0.717, 1.165) is 31.3 Å². The van der Waals surface area contributed by atoms with Crippen LogP contribution in [-0.4, -0.2) is 64.6 Å². The van der Waals surface area contributed by atoms with Gasteiger partial charge in [-0.15, -0.1) is 0 Å². The van der Waals surface area contributed by atoms with E-state index >= 15 is 0 Å². The van der Waals surface area contributed by atoms with Crippen molar-refractivity contribution in [3.63, 3.8) is 0 Å². The Bertz CT molecular complexity index is 1940. The quantitative estimate of drug-likeness (QED) is 0.285. The van der Waals surface area contributed by atoms with Gasteiger partial charge in [0.2, 0.25) is 0 Å². The second kappa shape index (κ2) is 12.1. The summed E-state index contributed by atoms with van der Waals surface area (Å²) in [6.45, 7) is 15.7. The third kappa shape index (κ3) is 5.52. The molecular formula is C50H68N4S2. The van der Waals surface area contributed by atoms with Gasteiger partial charge in [-0.3, -0.25) is 0 Å². The SMILES string of the molecule is CC12CC3CC(C(=S)N4CC[C@H](N)C(C)(C)C4)(C1)CC(c1ccc(C45CC6(C)CC(C(=S)N[C@H]7CN8CCC7CC8)(CC(c7ccccc7)(C6)C4)C5)cc1)(C3)C2. The van der Waals surface area contributed by atoms with Crippen LogP contribution in [0, 0.1) is 38.9 Å². The van der Waals surface area contributed by atoms with Gasteiger partial charge in [0.1, 0.15) is 0 Å². The summed E-state index contributed by atoms with van der Waals surface area (Å²) in [7, 11) is 0. The fourth-order valence-electron chi connectivity index (χ4n) is 17.8. The molecule has 56 heavy (non-hydrogen) atoms. The lowest BCUT2D eigenvalue weighted by Gasteiger charge is -2.71. The summed E-state index contributed by atoms with van der Waals surface area (Å²) >= 11 is 13.4. The fraction of sp³-hybridized carbons (Fsp3) is 0.720. The molecule has 0 radical (unpaired) electrons. The molecule has 8 unspecified atom stereocenters. The first-order valence-corrected chi connectivity index (χ1v) is 23.6. The van der Waals surface area contributed by atoms with Gasteiger partial charge >= 0.3 is 0 Å². The third-order valence-electron chi connectivity index (χ3n) is 18.7. The van der Waals surface area contributed by atoms with Crippen molar-refractivity contribution < 1.29 is 0 Å². The van der Waals surface area contributed by atoms with Crippen molar-refractivity contribution in [3.8, 4) is 0 Å². The van der Waals surface area contributed by atoms with E-state index < -0.39 is 0 Å². The maximum absolute atomic E-state index is 6.72. The number of rotatable bonds is 6. The monoisotopic (exact) mass is 788 g/mol. The van der Waals surface area contributed by atoms with Crippen molar-refractivity contribution in [2.75, 3.05) is 32.7 Å². The Morgan fingerprint density at radius 2 is 1.25 bits per heavy atom. The maximum Gasteiger partial charge on any atom is 0.0842 e. The maximum atomic E-state index is 6.72. The highest BCUT2D eigenvalue weighted by molar-refractivity contribution is 7.80. The molecule has 3 N–H and O–H groups in total. The number of benzene rings is 2. The highest BCUT2D eigenvalue weighted by atomic mass is 32.1. The lowest BCUT2D eigenvalue weighted by atomic mass is 9.34. The zero-order valence-electron chi connectivity index (χ0n) is 34.9. The summed E-state index contributed by atoms with van der Waals surface area (Å²) in [5.41, 5.74) is 12.8. The molecule has 6 heteroatoms. The van der Waals surface area contributed by atoms with Crippen LogP contribution in [-0.2, 0) is 16.2 Å². The van der Waals surface area contributed by atoms with E-state index in [0.29, 0.717) is 11.5 Å². The van der Waals surface area contributed by atoms with Crippen molar-refractivity contribution in [1.82, 2.24) is 15.1 Å². The molecule has 10 atom stereocenters. The molecule has 4 saturated heterocycles. The molecule has 14 rings (SSSR count). The number of likely N-dealkylation sites (tertiary alicyclic amines) is 1. The molecule has 12 aliphatic rings. The molecule has 300 valence electrons. The first-order valence-electron chi connectivity index (χ1n) is 22.8. The smallest absolute Gasteiger partial charge is 0.0842 e. The molecule has 0 aromatic heterocycles. The van der Waals surface area contributed by atoms with Gasteiger partial charge in [-0.1, -0.05) is 107 Å². The van der Waals surface area contributed by atoms with Crippen LogP contribution in [0.4, 0.5) is 0 Å². The van der Waals surface area contributed by atoms with Crippen molar-refractivity contribution in [3.05, 3.63) is 71.3 Å². The number of thiocarbonyl (C=S) groups is 2. The first-order chi connectivity index (χ1) is 26.6. The minimum Gasteiger partial charge on any atom is -0.375 e. The van der Waals surface area contributed by atoms with E-state index in [-0.39, 0.29) is 43.9 Å². The summed E-state index contributed by atoms with van der Waals surface area (Å²) in [6, 6.07) is 23.0.